The molecule has 0 atom stereocenters. The first-order chi connectivity index (χ1) is 12.2. The number of nitrogens with one attached hydrogen (secondary N) is 1. The van der Waals surface area contributed by atoms with Gasteiger partial charge in [0.05, 0.1) is 11.3 Å². The Kier molecular flexibility index (Phi) is 4.10. The van der Waals surface area contributed by atoms with Crippen molar-refractivity contribution in [2.24, 2.45) is 0 Å². The zero-order chi connectivity index (χ0) is 17.2. The molecule has 0 aliphatic heterocycles. The number of para-hydroxylation sites is 1. The number of H-pyrrole nitrogens is 1. The molecule has 5 heteroatoms. The SMILES string of the molecule is N#CC(=Cc1c[nH]c2ccccc12)c1nc(-c2ccc(Cl)cc2)cs1. The van der Waals surface area contributed by atoms with E-state index in [0.717, 1.165) is 27.7 Å². The van der Waals surface area contributed by atoms with Gasteiger partial charge in [0.15, 0.2) is 0 Å². The van der Waals surface area contributed by atoms with Crippen LogP contribution in [0.15, 0.2) is 60.1 Å². The number of nitriles is 1. The highest BCUT2D eigenvalue weighted by molar-refractivity contribution is 7.11. The van der Waals surface area contributed by atoms with E-state index in [1.54, 1.807) is 0 Å². The largest absolute Gasteiger partial charge is 0.361 e. The molecule has 0 fully saturated rings. The van der Waals surface area contributed by atoms with Gasteiger partial charge in [-0.05, 0) is 24.3 Å². The molecule has 2 heterocycles. The van der Waals surface area contributed by atoms with Crippen molar-refractivity contribution in [2.75, 3.05) is 0 Å². The van der Waals surface area contributed by atoms with Crippen LogP contribution in [-0.4, -0.2) is 9.97 Å². The maximum atomic E-state index is 9.59. The Balaban J connectivity index is 1.72. The Morgan fingerprint density at radius 3 is 2.76 bits per heavy atom. The maximum Gasteiger partial charge on any atom is 0.134 e. The van der Waals surface area contributed by atoms with Crippen LogP contribution in [0.2, 0.25) is 5.02 Å². The predicted octanol–water partition coefficient (Wildman–Crippen LogP) is 6.01. The Labute approximate surface area is 153 Å². The molecule has 0 radical (unpaired) electrons. The number of benzene rings is 2. The van der Waals surface area contributed by atoms with Gasteiger partial charge in [-0.3, -0.25) is 0 Å². The molecule has 120 valence electrons. The van der Waals surface area contributed by atoms with E-state index in [1.807, 2.05) is 66.2 Å². The normalized spacial score (nSPS) is 11.6. The lowest BCUT2D eigenvalue weighted by Crippen LogP contribution is -1.82. The molecule has 4 aromatic rings. The zero-order valence-corrected chi connectivity index (χ0v) is 14.6. The van der Waals surface area contributed by atoms with Crippen LogP contribution in [-0.2, 0) is 0 Å². The summed E-state index contributed by atoms with van der Waals surface area (Å²) < 4.78 is 0. The van der Waals surface area contributed by atoms with Crippen LogP contribution in [0.1, 0.15) is 10.6 Å². The van der Waals surface area contributed by atoms with Crippen molar-refractivity contribution in [3.05, 3.63) is 75.7 Å². The lowest BCUT2D eigenvalue weighted by atomic mass is 10.1. The monoisotopic (exact) mass is 361 g/mol. The zero-order valence-electron chi connectivity index (χ0n) is 13.0. The minimum absolute atomic E-state index is 0.551. The van der Waals surface area contributed by atoms with E-state index in [1.165, 1.54) is 11.3 Å². The fraction of sp³-hybridized carbons (Fsp3) is 0. The minimum atomic E-state index is 0.551. The average Bonchev–Trinajstić information content (AvgIpc) is 3.28. The van der Waals surface area contributed by atoms with Crippen molar-refractivity contribution in [3.63, 3.8) is 0 Å². The van der Waals surface area contributed by atoms with Crippen LogP contribution in [0, 0.1) is 11.3 Å². The van der Waals surface area contributed by atoms with Gasteiger partial charge in [0.1, 0.15) is 11.1 Å². The summed E-state index contributed by atoms with van der Waals surface area (Å²) in [6.07, 6.45) is 3.79. The number of allylic oxidation sites excluding steroid dienone is 1. The van der Waals surface area contributed by atoms with E-state index >= 15 is 0 Å². The molecule has 2 aromatic heterocycles. The molecule has 0 amide bonds. The summed E-state index contributed by atoms with van der Waals surface area (Å²) in [5, 5.41) is 14.0. The lowest BCUT2D eigenvalue weighted by molar-refractivity contribution is 1.37. The molecule has 0 aliphatic rings. The Morgan fingerprint density at radius 2 is 1.96 bits per heavy atom. The van der Waals surface area contributed by atoms with Crippen LogP contribution in [0.3, 0.4) is 0 Å². The maximum absolute atomic E-state index is 9.59. The van der Waals surface area contributed by atoms with E-state index in [0.29, 0.717) is 15.6 Å². The summed E-state index contributed by atoms with van der Waals surface area (Å²) in [4.78, 5) is 7.84. The van der Waals surface area contributed by atoms with Crippen molar-refractivity contribution in [2.45, 2.75) is 0 Å². The van der Waals surface area contributed by atoms with Gasteiger partial charge in [-0.15, -0.1) is 11.3 Å². The number of aromatic nitrogens is 2. The second kappa shape index (κ2) is 6.56. The molecule has 3 nitrogen and oxygen atoms in total. The molecule has 2 aromatic carbocycles. The first-order valence-electron chi connectivity index (χ1n) is 7.64. The third kappa shape index (κ3) is 3.08. The second-order valence-corrected chi connectivity index (χ2v) is 6.80. The molecule has 1 N–H and O–H groups in total. The van der Waals surface area contributed by atoms with E-state index < -0.39 is 0 Å². The van der Waals surface area contributed by atoms with Crippen LogP contribution < -0.4 is 0 Å². The van der Waals surface area contributed by atoms with Crippen molar-refractivity contribution in [3.8, 4) is 17.3 Å². The highest BCUT2D eigenvalue weighted by Gasteiger charge is 2.10. The standard InChI is InChI=1S/C20H12ClN3S/c21-16-7-5-13(6-8-16)19-12-25-20(24-19)14(10-22)9-15-11-23-18-4-2-1-3-17(15)18/h1-9,11-12,23H. The predicted molar refractivity (Wildman–Crippen MR) is 104 cm³/mol. The molecule has 4 rings (SSSR count). The molecule has 0 bridgehead atoms. The number of fused-ring (bicyclic) bond motifs is 1. The van der Waals surface area contributed by atoms with Crippen molar-refractivity contribution < 1.29 is 0 Å². The lowest BCUT2D eigenvalue weighted by Gasteiger charge is -1.97. The van der Waals surface area contributed by atoms with Crippen molar-refractivity contribution in [1.29, 1.82) is 5.26 Å². The van der Waals surface area contributed by atoms with Crippen LogP contribution >= 0.6 is 22.9 Å². The fourth-order valence-electron chi connectivity index (χ4n) is 2.66. The van der Waals surface area contributed by atoms with E-state index in [2.05, 4.69) is 16.0 Å². The summed E-state index contributed by atoms with van der Waals surface area (Å²) in [5.74, 6) is 0. The Bertz CT molecular complexity index is 1110. The minimum Gasteiger partial charge on any atom is -0.361 e. The van der Waals surface area contributed by atoms with Gasteiger partial charge in [-0.1, -0.05) is 41.9 Å². The first kappa shape index (κ1) is 15.6. The Morgan fingerprint density at radius 1 is 1.16 bits per heavy atom. The van der Waals surface area contributed by atoms with Gasteiger partial charge < -0.3 is 4.98 Å². The van der Waals surface area contributed by atoms with Gasteiger partial charge in [-0.2, -0.15) is 5.26 Å². The number of hydrogen-bond donors (Lipinski definition) is 1. The summed E-state index contributed by atoms with van der Waals surface area (Å²) in [5.41, 5.74) is 4.41. The third-order valence-corrected chi connectivity index (χ3v) is 5.04. The van der Waals surface area contributed by atoms with Gasteiger partial charge in [0, 0.05) is 38.6 Å². The highest BCUT2D eigenvalue weighted by Crippen LogP contribution is 2.29. The molecule has 0 unspecified atom stereocenters. The van der Waals surface area contributed by atoms with Gasteiger partial charge in [0.2, 0.25) is 0 Å². The van der Waals surface area contributed by atoms with Crippen molar-refractivity contribution in [1.82, 2.24) is 9.97 Å². The number of aromatic amines is 1. The Hall–Kier alpha value is -2.87. The number of nitrogens with zero attached hydrogens (tertiary/aromatic N) is 2. The molecule has 0 saturated heterocycles. The summed E-state index contributed by atoms with van der Waals surface area (Å²) in [7, 11) is 0. The van der Waals surface area contributed by atoms with Gasteiger partial charge >= 0.3 is 0 Å². The van der Waals surface area contributed by atoms with E-state index in [-0.39, 0.29) is 0 Å². The van der Waals surface area contributed by atoms with Crippen LogP contribution in [0.5, 0.6) is 0 Å². The van der Waals surface area contributed by atoms with Gasteiger partial charge in [-0.25, -0.2) is 4.98 Å². The number of thiazole rings is 1. The third-order valence-electron chi connectivity index (χ3n) is 3.92. The van der Waals surface area contributed by atoms with Crippen molar-refractivity contribution >= 4 is 45.5 Å². The number of rotatable bonds is 3. The second-order valence-electron chi connectivity index (χ2n) is 5.50. The molecule has 0 spiro atoms. The molecular formula is C20H12ClN3S. The molecule has 0 aliphatic carbocycles. The van der Waals surface area contributed by atoms with Crippen LogP contribution in [0.4, 0.5) is 0 Å². The summed E-state index contributed by atoms with van der Waals surface area (Å²) in [6.45, 7) is 0. The number of halogens is 1. The number of hydrogen-bond acceptors (Lipinski definition) is 3. The smallest absolute Gasteiger partial charge is 0.134 e. The van der Waals surface area contributed by atoms with Crippen LogP contribution in [0.25, 0.3) is 33.8 Å². The van der Waals surface area contributed by atoms with Gasteiger partial charge in [0.25, 0.3) is 0 Å². The topological polar surface area (TPSA) is 52.5 Å². The van der Waals surface area contributed by atoms with E-state index in [4.69, 9.17) is 11.6 Å². The van der Waals surface area contributed by atoms with E-state index in [9.17, 15) is 5.26 Å². The summed E-state index contributed by atoms with van der Waals surface area (Å²) >= 11 is 7.39. The fourth-order valence-corrected chi connectivity index (χ4v) is 3.58. The molecule has 0 saturated carbocycles. The average molecular weight is 362 g/mol. The highest BCUT2D eigenvalue weighted by atomic mass is 35.5. The molecule has 25 heavy (non-hydrogen) atoms. The summed E-state index contributed by atoms with van der Waals surface area (Å²) in [6, 6.07) is 17.8. The quantitative estimate of drug-likeness (QED) is 0.454. The molecular weight excluding hydrogens is 350 g/mol. The first-order valence-corrected chi connectivity index (χ1v) is 8.90.